The van der Waals surface area contributed by atoms with E-state index in [0.717, 1.165) is 0 Å². The molecule has 0 aliphatic heterocycles. The van der Waals surface area contributed by atoms with Gasteiger partial charge >= 0.3 is 5.97 Å². The Balaban J connectivity index is 1.65. The number of carbonyl (C=O) groups is 2. The second-order valence-corrected chi connectivity index (χ2v) is 6.30. The van der Waals surface area contributed by atoms with Gasteiger partial charge in [-0.2, -0.15) is 5.10 Å². The van der Waals surface area contributed by atoms with Gasteiger partial charge < -0.3 is 10.1 Å². The van der Waals surface area contributed by atoms with Crippen molar-refractivity contribution in [3.8, 4) is 5.75 Å². The number of amides is 1. The third-order valence-electron chi connectivity index (χ3n) is 3.39. The first kappa shape index (κ1) is 18.0. The number of nitrogens with zero attached hydrogens (tertiary/aromatic N) is 2. The molecule has 3 aromatic rings. The molecule has 0 bridgehead atoms. The average Bonchev–Trinajstić information content (AvgIpc) is 3.02. The molecule has 1 heterocycles. The number of hydrogen-bond donors (Lipinski definition) is 1. The molecule has 0 radical (unpaired) electrons. The molecule has 0 saturated heterocycles. The fraction of sp³-hybridized carbons (Fsp3) is 0.0556. The van der Waals surface area contributed by atoms with Gasteiger partial charge in [-0.3, -0.25) is 9.48 Å². The SMILES string of the molecule is Cn1cc(C(=O)Nc2ccc(OC(=O)c3cc(Cl)cc(Cl)c3)cc2)cn1. The summed E-state index contributed by atoms with van der Waals surface area (Å²) >= 11 is 11.8. The van der Waals surface area contributed by atoms with E-state index in [1.54, 1.807) is 42.2 Å². The highest BCUT2D eigenvalue weighted by Gasteiger charge is 2.12. The van der Waals surface area contributed by atoms with Gasteiger partial charge in [0.1, 0.15) is 5.75 Å². The predicted octanol–water partition coefficient (Wildman–Crippen LogP) is 4.20. The summed E-state index contributed by atoms with van der Waals surface area (Å²) < 4.78 is 6.82. The van der Waals surface area contributed by atoms with Crippen molar-refractivity contribution < 1.29 is 14.3 Å². The number of ether oxygens (including phenoxy) is 1. The summed E-state index contributed by atoms with van der Waals surface area (Å²) in [7, 11) is 1.73. The zero-order valence-corrected chi connectivity index (χ0v) is 15.1. The Bertz CT molecular complexity index is 948. The smallest absolute Gasteiger partial charge is 0.343 e. The molecule has 1 amide bonds. The zero-order valence-electron chi connectivity index (χ0n) is 13.6. The molecule has 0 unspecified atom stereocenters. The molecule has 0 aliphatic rings. The number of aryl methyl sites for hydroxylation is 1. The first-order valence-electron chi connectivity index (χ1n) is 7.49. The predicted molar refractivity (Wildman–Crippen MR) is 99.0 cm³/mol. The van der Waals surface area contributed by atoms with E-state index in [2.05, 4.69) is 10.4 Å². The zero-order chi connectivity index (χ0) is 18.7. The maximum atomic E-state index is 12.2. The number of hydrogen-bond acceptors (Lipinski definition) is 4. The van der Waals surface area contributed by atoms with Gasteiger partial charge in [-0.15, -0.1) is 0 Å². The molecule has 2 aromatic carbocycles. The Hall–Kier alpha value is -2.83. The summed E-state index contributed by atoms with van der Waals surface area (Å²) in [4.78, 5) is 24.2. The lowest BCUT2D eigenvalue weighted by Gasteiger charge is -2.07. The van der Waals surface area contributed by atoms with Gasteiger partial charge in [-0.25, -0.2) is 4.79 Å². The number of carbonyl (C=O) groups excluding carboxylic acids is 2. The van der Waals surface area contributed by atoms with Crippen LogP contribution in [0.25, 0.3) is 0 Å². The lowest BCUT2D eigenvalue weighted by molar-refractivity contribution is 0.0734. The third-order valence-corrected chi connectivity index (χ3v) is 3.82. The molecule has 3 rings (SSSR count). The number of anilines is 1. The van der Waals surface area contributed by atoms with Gasteiger partial charge in [0.2, 0.25) is 0 Å². The van der Waals surface area contributed by atoms with Crippen LogP contribution in [0.4, 0.5) is 5.69 Å². The topological polar surface area (TPSA) is 73.2 Å². The van der Waals surface area contributed by atoms with E-state index in [1.165, 1.54) is 24.4 Å². The van der Waals surface area contributed by atoms with Crippen molar-refractivity contribution in [1.29, 1.82) is 0 Å². The molecule has 0 saturated carbocycles. The monoisotopic (exact) mass is 389 g/mol. The van der Waals surface area contributed by atoms with Crippen LogP contribution in [0.5, 0.6) is 5.75 Å². The molecule has 0 atom stereocenters. The molecule has 132 valence electrons. The number of rotatable bonds is 4. The van der Waals surface area contributed by atoms with E-state index in [4.69, 9.17) is 27.9 Å². The fourth-order valence-corrected chi connectivity index (χ4v) is 2.71. The molecule has 0 fully saturated rings. The summed E-state index contributed by atoms with van der Waals surface area (Å²) in [5.41, 5.74) is 1.25. The standard InChI is InChI=1S/C18H13Cl2N3O3/c1-23-10-12(9-21-23)17(24)22-15-2-4-16(5-3-15)26-18(25)11-6-13(19)8-14(20)7-11/h2-10H,1H3,(H,22,24). The quantitative estimate of drug-likeness (QED) is 0.535. The summed E-state index contributed by atoms with van der Waals surface area (Å²) in [5, 5.41) is 7.37. The molecule has 26 heavy (non-hydrogen) atoms. The van der Waals surface area contributed by atoms with Crippen LogP contribution in [0.1, 0.15) is 20.7 Å². The highest BCUT2D eigenvalue weighted by molar-refractivity contribution is 6.35. The Morgan fingerprint density at radius 2 is 1.69 bits per heavy atom. The molecular weight excluding hydrogens is 377 g/mol. The Labute approximate surface area is 159 Å². The molecule has 0 spiro atoms. The van der Waals surface area contributed by atoms with E-state index in [-0.39, 0.29) is 11.5 Å². The molecular formula is C18H13Cl2N3O3. The number of aromatic nitrogens is 2. The first-order valence-corrected chi connectivity index (χ1v) is 8.24. The number of halogens is 2. The van der Waals surface area contributed by atoms with Crippen molar-refractivity contribution in [2.24, 2.45) is 7.05 Å². The van der Waals surface area contributed by atoms with Gasteiger partial charge in [-0.1, -0.05) is 23.2 Å². The van der Waals surface area contributed by atoms with Crippen molar-refractivity contribution in [3.05, 3.63) is 76.0 Å². The van der Waals surface area contributed by atoms with Crippen LogP contribution in [0, 0.1) is 0 Å². The van der Waals surface area contributed by atoms with E-state index < -0.39 is 5.97 Å². The first-order chi connectivity index (χ1) is 12.4. The Kier molecular flexibility index (Phi) is 5.25. The van der Waals surface area contributed by atoms with Gasteiger partial charge in [0.05, 0.1) is 17.3 Å². The normalized spacial score (nSPS) is 10.4. The van der Waals surface area contributed by atoms with Crippen LogP contribution in [0.15, 0.2) is 54.9 Å². The van der Waals surface area contributed by atoms with E-state index >= 15 is 0 Å². The highest BCUT2D eigenvalue weighted by Crippen LogP contribution is 2.22. The van der Waals surface area contributed by atoms with Crippen molar-refractivity contribution >= 4 is 40.8 Å². The summed E-state index contributed by atoms with van der Waals surface area (Å²) in [5.74, 6) is -0.538. The van der Waals surface area contributed by atoms with Gasteiger partial charge in [-0.05, 0) is 42.5 Å². The number of esters is 1. The third kappa shape index (κ3) is 4.41. The van der Waals surface area contributed by atoms with Gasteiger partial charge in [0.25, 0.3) is 5.91 Å². The minimum absolute atomic E-state index is 0.247. The van der Waals surface area contributed by atoms with Crippen LogP contribution >= 0.6 is 23.2 Å². The summed E-state index contributed by atoms with van der Waals surface area (Å²) in [6.45, 7) is 0. The van der Waals surface area contributed by atoms with Crippen LogP contribution in [-0.4, -0.2) is 21.7 Å². The van der Waals surface area contributed by atoms with Gasteiger partial charge in [0.15, 0.2) is 0 Å². The minimum Gasteiger partial charge on any atom is -0.423 e. The van der Waals surface area contributed by atoms with E-state index in [1.807, 2.05) is 0 Å². The summed E-state index contributed by atoms with van der Waals surface area (Å²) in [6, 6.07) is 10.9. The number of nitrogens with one attached hydrogen (secondary N) is 1. The molecule has 8 heteroatoms. The molecule has 0 aliphatic carbocycles. The highest BCUT2D eigenvalue weighted by atomic mass is 35.5. The molecule has 6 nitrogen and oxygen atoms in total. The lowest BCUT2D eigenvalue weighted by Crippen LogP contribution is -2.11. The Morgan fingerprint density at radius 3 is 2.27 bits per heavy atom. The maximum Gasteiger partial charge on any atom is 0.343 e. The Morgan fingerprint density at radius 1 is 1.04 bits per heavy atom. The van der Waals surface area contributed by atoms with Crippen LogP contribution in [0.2, 0.25) is 10.0 Å². The lowest BCUT2D eigenvalue weighted by atomic mass is 10.2. The van der Waals surface area contributed by atoms with Crippen molar-refractivity contribution in [2.75, 3.05) is 5.32 Å². The molecule has 1 aromatic heterocycles. The van der Waals surface area contributed by atoms with Gasteiger partial charge in [0, 0.05) is 29.0 Å². The van der Waals surface area contributed by atoms with Crippen molar-refractivity contribution in [3.63, 3.8) is 0 Å². The van der Waals surface area contributed by atoms with E-state index in [9.17, 15) is 9.59 Å². The van der Waals surface area contributed by atoms with E-state index in [0.29, 0.717) is 27.0 Å². The fourth-order valence-electron chi connectivity index (χ4n) is 2.19. The average molecular weight is 390 g/mol. The second-order valence-electron chi connectivity index (χ2n) is 5.43. The molecule has 1 N–H and O–H groups in total. The summed E-state index contributed by atoms with van der Waals surface area (Å²) in [6.07, 6.45) is 3.09. The van der Waals surface area contributed by atoms with Crippen molar-refractivity contribution in [2.45, 2.75) is 0 Å². The maximum absolute atomic E-state index is 12.2. The van der Waals surface area contributed by atoms with Crippen molar-refractivity contribution in [1.82, 2.24) is 9.78 Å². The van der Waals surface area contributed by atoms with Crippen LogP contribution in [-0.2, 0) is 7.05 Å². The largest absolute Gasteiger partial charge is 0.423 e. The minimum atomic E-state index is -0.582. The van der Waals surface area contributed by atoms with Crippen LogP contribution in [0.3, 0.4) is 0 Å². The van der Waals surface area contributed by atoms with Crippen LogP contribution < -0.4 is 10.1 Å². The number of benzene rings is 2. The second kappa shape index (κ2) is 7.59.